The van der Waals surface area contributed by atoms with Crippen molar-refractivity contribution in [3.05, 3.63) is 0 Å². The van der Waals surface area contributed by atoms with Crippen molar-refractivity contribution in [2.24, 2.45) is 0 Å². The van der Waals surface area contributed by atoms with Crippen molar-refractivity contribution in [3.63, 3.8) is 0 Å². The van der Waals surface area contributed by atoms with Crippen molar-refractivity contribution in [3.8, 4) is 0 Å². The van der Waals surface area contributed by atoms with Gasteiger partial charge in [-0.15, -0.1) is 0 Å². The maximum atomic E-state index is 12.4. The van der Waals surface area contributed by atoms with Gasteiger partial charge in [0.1, 0.15) is 0 Å². The molecule has 1 rings (SSSR count). The quantitative estimate of drug-likeness (QED) is 0.484. The van der Waals surface area contributed by atoms with Crippen LogP contribution in [0, 0.1) is 0 Å². The summed E-state index contributed by atoms with van der Waals surface area (Å²) < 4.78 is 37.3. The summed E-state index contributed by atoms with van der Waals surface area (Å²) in [4.78, 5) is 0. The first kappa shape index (κ1) is 8.71. The molecule has 0 radical (unpaired) electrons. The first-order valence-electron chi connectivity index (χ1n) is 2.04. The van der Waals surface area contributed by atoms with Gasteiger partial charge in [0.15, 0.2) is 0 Å². The smallest absolute Gasteiger partial charge is 0.294 e. The van der Waals surface area contributed by atoms with E-state index in [1.807, 2.05) is 0 Å². The van der Waals surface area contributed by atoms with E-state index in [0.29, 0.717) is 0 Å². The molecule has 0 saturated carbocycles. The molecule has 0 aromatic heterocycles. The molecule has 1 nitrogen and oxygen atoms in total. The summed E-state index contributed by atoms with van der Waals surface area (Å²) in [6.07, 6.45) is 0. The molecule has 1 heterocycles. The van der Waals surface area contributed by atoms with Gasteiger partial charge in [-0.3, -0.25) is 4.74 Å². The minimum Gasteiger partial charge on any atom is -0.294 e. The van der Waals surface area contributed by atoms with Crippen LogP contribution in [0.2, 0.25) is 0 Å². The van der Waals surface area contributed by atoms with E-state index in [1.165, 1.54) is 0 Å². The van der Waals surface area contributed by atoms with E-state index in [9.17, 15) is 13.2 Å². The third kappa shape index (κ3) is 0.978. The van der Waals surface area contributed by atoms with E-state index in [1.54, 1.807) is 0 Å². The summed E-state index contributed by atoms with van der Waals surface area (Å²) in [6, 6.07) is 0. The Bertz CT molecular complexity index is 167. The highest BCUT2D eigenvalue weighted by Gasteiger charge is 2.84. The first-order chi connectivity index (χ1) is 4.21. The number of rotatable bonds is 1. The van der Waals surface area contributed by atoms with Gasteiger partial charge in [0.05, 0.1) is 0 Å². The third-order valence-electron chi connectivity index (χ3n) is 0.966. The van der Waals surface area contributed by atoms with Crippen LogP contribution >= 0.6 is 34.8 Å². The van der Waals surface area contributed by atoms with Gasteiger partial charge >= 0.3 is 11.2 Å². The van der Waals surface area contributed by atoms with E-state index < -0.39 is 15.8 Å². The van der Waals surface area contributed by atoms with E-state index in [2.05, 4.69) is 16.3 Å². The van der Waals surface area contributed by atoms with Crippen molar-refractivity contribution in [1.29, 1.82) is 0 Å². The SMILES string of the molecule is FC(F)(Cl)C1(F)OC1(Cl)Cl. The number of alkyl halides is 6. The fraction of sp³-hybridized carbons (Fsp3) is 1.00. The average Bonchev–Trinajstić information content (AvgIpc) is 2.05. The molecule has 7 heteroatoms. The number of halogens is 6. The molecule has 0 bridgehead atoms. The molecular formula is C3Cl3F3O. The lowest BCUT2D eigenvalue weighted by Crippen LogP contribution is -2.30. The summed E-state index contributed by atoms with van der Waals surface area (Å²) >= 11 is 13.9. The molecule has 0 amide bonds. The standard InChI is InChI=1S/C3Cl3F3O/c4-2(5)1(7,10-2)3(6,8)9. The highest BCUT2D eigenvalue weighted by atomic mass is 35.5. The Morgan fingerprint density at radius 3 is 1.60 bits per heavy atom. The van der Waals surface area contributed by atoms with Crippen LogP contribution in [-0.2, 0) is 4.74 Å². The Hall–Kier alpha value is 0.620. The Morgan fingerprint density at radius 1 is 1.30 bits per heavy atom. The number of hydrogen-bond acceptors (Lipinski definition) is 1. The molecule has 10 heavy (non-hydrogen) atoms. The molecule has 0 aromatic carbocycles. The maximum absolute atomic E-state index is 12.4. The second-order valence-corrected chi connectivity index (χ2v) is 3.44. The van der Waals surface area contributed by atoms with Gasteiger partial charge in [-0.1, -0.05) is 23.2 Å². The zero-order valence-corrected chi connectivity index (χ0v) is 6.44. The molecular weight excluding hydrogens is 215 g/mol. The summed E-state index contributed by atoms with van der Waals surface area (Å²) in [6.45, 7) is 0. The number of epoxide rings is 1. The summed E-state index contributed by atoms with van der Waals surface area (Å²) in [5, 5.41) is -4.20. The summed E-state index contributed by atoms with van der Waals surface area (Å²) in [5.74, 6) is -3.45. The van der Waals surface area contributed by atoms with Crippen LogP contribution < -0.4 is 0 Å². The second kappa shape index (κ2) is 1.86. The monoisotopic (exact) mass is 214 g/mol. The maximum Gasteiger partial charge on any atom is 0.385 e. The molecule has 1 saturated heterocycles. The normalized spacial score (nSPS) is 37.8. The molecule has 1 unspecified atom stereocenters. The summed E-state index contributed by atoms with van der Waals surface area (Å²) in [5.41, 5.74) is 0. The number of ether oxygens (including phenoxy) is 1. The Labute approximate surface area is 69.0 Å². The molecule has 0 aromatic rings. The Morgan fingerprint density at radius 2 is 1.60 bits per heavy atom. The van der Waals surface area contributed by atoms with Crippen LogP contribution in [0.3, 0.4) is 0 Å². The Kier molecular flexibility index (Phi) is 1.62. The van der Waals surface area contributed by atoms with Gasteiger partial charge in [-0.2, -0.15) is 13.2 Å². The van der Waals surface area contributed by atoms with Crippen LogP contribution in [0.25, 0.3) is 0 Å². The predicted octanol–water partition coefficient (Wildman–Crippen LogP) is 2.65. The average molecular weight is 215 g/mol. The van der Waals surface area contributed by atoms with E-state index in [-0.39, 0.29) is 0 Å². The fourth-order valence-corrected chi connectivity index (χ4v) is 1.09. The Balaban J connectivity index is 2.78. The molecule has 1 aliphatic heterocycles. The van der Waals surface area contributed by atoms with Gasteiger partial charge in [0.2, 0.25) is 0 Å². The molecule has 1 fully saturated rings. The molecule has 60 valence electrons. The van der Waals surface area contributed by atoms with Crippen molar-refractivity contribution < 1.29 is 17.9 Å². The van der Waals surface area contributed by atoms with E-state index >= 15 is 0 Å². The van der Waals surface area contributed by atoms with E-state index in [0.717, 1.165) is 0 Å². The van der Waals surface area contributed by atoms with Crippen molar-refractivity contribution in [1.82, 2.24) is 0 Å². The molecule has 1 aliphatic rings. The lowest BCUT2D eigenvalue weighted by molar-refractivity contribution is -0.0682. The van der Waals surface area contributed by atoms with Gasteiger partial charge in [-0.25, -0.2) is 0 Å². The van der Waals surface area contributed by atoms with Crippen molar-refractivity contribution in [2.75, 3.05) is 0 Å². The van der Waals surface area contributed by atoms with Crippen LogP contribution in [-0.4, -0.2) is 15.8 Å². The minimum atomic E-state index is -4.20. The molecule has 0 N–H and O–H groups in total. The zero-order valence-electron chi connectivity index (χ0n) is 4.18. The van der Waals surface area contributed by atoms with Gasteiger partial charge in [0.25, 0.3) is 4.52 Å². The summed E-state index contributed by atoms with van der Waals surface area (Å²) in [7, 11) is 0. The van der Waals surface area contributed by atoms with Crippen LogP contribution in [0.5, 0.6) is 0 Å². The minimum absolute atomic E-state index is 2.52. The van der Waals surface area contributed by atoms with Crippen LogP contribution in [0.15, 0.2) is 0 Å². The lowest BCUT2D eigenvalue weighted by Gasteiger charge is -2.07. The van der Waals surface area contributed by atoms with Crippen molar-refractivity contribution >= 4 is 34.8 Å². The van der Waals surface area contributed by atoms with Crippen LogP contribution in [0.1, 0.15) is 0 Å². The van der Waals surface area contributed by atoms with Gasteiger partial charge < -0.3 is 0 Å². The molecule has 1 atom stereocenters. The van der Waals surface area contributed by atoms with Crippen LogP contribution in [0.4, 0.5) is 13.2 Å². The zero-order chi connectivity index (χ0) is 8.21. The first-order valence-corrected chi connectivity index (χ1v) is 3.18. The highest BCUT2D eigenvalue weighted by Crippen LogP contribution is 2.64. The van der Waals surface area contributed by atoms with Gasteiger partial charge in [0, 0.05) is 0 Å². The van der Waals surface area contributed by atoms with E-state index in [4.69, 9.17) is 23.2 Å². The highest BCUT2D eigenvalue weighted by molar-refractivity contribution is 6.50. The number of hydrogen-bond donors (Lipinski definition) is 0. The largest absolute Gasteiger partial charge is 0.385 e. The predicted molar refractivity (Wildman–Crippen MR) is 30.2 cm³/mol. The third-order valence-corrected chi connectivity index (χ3v) is 1.85. The topological polar surface area (TPSA) is 12.5 Å². The fourth-order valence-electron chi connectivity index (χ4n) is 0.374. The molecule has 0 spiro atoms. The molecule has 0 aliphatic carbocycles. The van der Waals surface area contributed by atoms with Crippen molar-refractivity contribution in [2.45, 2.75) is 15.8 Å². The van der Waals surface area contributed by atoms with Gasteiger partial charge in [-0.05, 0) is 11.6 Å². The lowest BCUT2D eigenvalue weighted by atomic mass is 10.4. The second-order valence-electron chi connectivity index (χ2n) is 1.71.